The number of nitrogens with one attached hydrogen (secondary N) is 2. The summed E-state index contributed by atoms with van der Waals surface area (Å²) in [5.74, 6) is -0.594. The Kier molecular flexibility index (Phi) is 6.14. The Labute approximate surface area is 146 Å². The monoisotopic (exact) mass is 342 g/mol. The van der Waals surface area contributed by atoms with E-state index in [1.807, 2.05) is 0 Å². The van der Waals surface area contributed by atoms with E-state index in [9.17, 15) is 19.8 Å². The number of benzene rings is 2. The van der Waals surface area contributed by atoms with Crippen LogP contribution in [0.4, 0.5) is 5.69 Å². The Morgan fingerprint density at radius 1 is 1.08 bits per heavy atom. The van der Waals surface area contributed by atoms with Crippen molar-refractivity contribution in [3.63, 3.8) is 0 Å². The molecule has 0 saturated heterocycles. The SMILES string of the molecule is CC(C)C(=O)Nc1cccc(C(=O)NCC(O)c2cccc(O)c2)c1. The van der Waals surface area contributed by atoms with Crippen LogP contribution in [0.15, 0.2) is 48.5 Å². The molecule has 25 heavy (non-hydrogen) atoms. The number of phenolic OH excluding ortho intramolecular Hbond substituents is 1. The first kappa shape index (κ1) is 18.5. The standard InChI is InChI=1S/C19H22N2O4/c1-12(2)18(24)21-15-7-3-6-14(9-15)19(25)20-11-17(23)13-5-4-8-16(22)10-13/h3-10,12,17,22-23H,11H2,1-2H3,(H,20,25)(H,21,24). The normalized spacial score (nSPS) is 11.8. The number of amides is 2. The van der Waals surface area contributed by atoms with Crippen LogP contribution in [0.1, 0.15) is 35.9 Å². The van der Waals surface area contributed by atoms with Crippen LogP contribution >= 0.6 is 0 Å². The topological polar surface area (TPSA) is 98.7 Å². The summed E-state index contributed by atoms with van der Waals surface area (Å²) in [6.07, 6.45) is -0.931. The van der Waals surface area contributed by atoms with E-state index < -0.39 is 6.10 Å². The summed E-state index contributed by atoms with van der Waals surface area (Å²) in [5, 5.41) is 24.9. The Hall–Kier alpha value is -2.86. The molecule has 0 saturated carbocycles. The van der Waals surface area contributed by atoms with Crippen molar-refractivity contribution in [3.05, 3.63) is 59.7 Å². The third-order valence-corrected chi connectivity index (χ3v) is 3.63. The summed E-state index contributed by atoms with van der Waals surface area (Å²) in [7, 11) is 0. The van der Waals surface area contributed by atoms with Crippen molar-refractivity contribution in [2.45, 2.75) is 20.0 Å². The largest absolute Gasteiger partial charge is 0.508 e. The number of phenols is 1. The van der Waals surface area contributed by atoms with Gasteiger partial charge in [-0.2, -0.15) is 0 Å². The minimum absolute atomic E-state index is 0.00483. The zero-order valence-electron chi connectivity index (χ0n) is 14.2. The first-order chi connectivity index (χ1) is 11.9. The van der Waals surface area contributed by atoms with Crippen LogP contribution in [0.25, 0.3) is 0 Å². The lowest BCUT2D eigenvalue weighted by atomic mass is 10.1. The van der Waals surface area contributed by atoms with Gasteiger partial charge >= 0.3 is 0 Å². The van der Waals surface area contributed by atoms with Gasteiger partial charge in [-0.1, -0.05) is 32.0 Å². The van der Waals surface area contributed by atoms with E-state index in [0.717, 1.165) is 0 Å². The molecular weight excluding hydrogens is 320 g/mol. The zero-order valence-corrected chi connectivity index (χ0v) is 14.2. The highest BCUT2D eigenvalue weighted by molar-refractivity contribution is 5.97. The molecule has 0 fully saturated rings. The maximum absolute atomic E-state index is 12.2. The van der Waals surface area contributed by atoms with Crippen molar-refractivity contribution < 1.29 is 19.8 Å². The van der Waals surface area contributed by atoms with Crippen LogP contribution < -0.4 is 10.6 Å². The van der Waals surface area contributed by atoms with Crippen molar-refractivity contribution >= 4 is 17.5 Å². The molecule has 1 unspecified atom stereocenters. The van der Waals surface area contributed by atoms with Crippen molar-refractivity contribution in [2.75, 3.05) is 11.9 Å². The van der Waals surface area contributed by atoms with Crippen molar-refractivity contribution in [1.29, 1.82) is 0 Å². The summed E-state index contributed by atoms with van der Waals surface area (Å²) in [4.78, 5) is 24.0. The summed E-state index contributed by atoms with van der Waals surface area (Å²) >= 11 is 0. The molecule has 0 aromatic heterocycles. The molecule has 0 bridgehead atoms. The van der Waals surface area contributed by atoms with E-state index in [-0.39, 0.29) is 30.0 Å². The predicted octanol–water partition coefficient (Wildman–Crippen LogP) is 2.45. The quantitative estimate of drug-likeness (QED) is 0.648. The fourth-order valence-electron chi connectivity index (χ4n) is 2.17. The molecule has 2 rings (SSSR count). The molecule has 0 radical (unpaired) electrons. The van der Waals surface area contributed by atoms with Crippen LogP contribution in [0, 0.1) is 5.92 Å². The Morgan fingerprint density at radius 3 is 2.48 bits per heavy atom. The maximum Gasteiger partial charge on any atom is 0.251 e. The minimum atomic E-state index is -0.931. The highest BCUT2D eigenvalue weighted by atomic mass is 16.3. The van der Waals surface area contributed by atoms with Gasteiger partial charge in [0.15, 0.2) is 0 Å². The molecule has 0 spiro atoms. The lowest BCUT2D eigenvalue weighted by molar-refractivity contribution is -0.118. The number of hydrogen-bond donors (Lipinski definition) is 4. The summed E-state index contributed by atoms with van der Waals surface area (Å²) in [5.41, 5.74) is 1.43. The fraction of sp³-hybridized carbons (Fsp3) is 0.263. The smallest absolute Gasteiger partial charge is 0.251 e. The summed E-state index contributed by atoms with van der Waals surface area (Å²) < 4.78 is 0. The van der Waals surface area contributed by atoms with Gasteiger partial charge in [-0.25, -0.2) is 0 Å². The first-order valence-electron chi connectivity index (χ1n) is 8.03. The van der Waals surface area contributed by atoms with Gasteiger partial charge in [0.25, 0.3) is 5.91 Å². The van der Waals surface area contributed by atoms with Gasteiger partial charge in [0.05, 0.1) is 6.10 Å². The predicted molar refractivity (Wildman–Crippen MR) is 95.3 cm³/mol. The van der Waals surface area contributed by atoms with Gasteiger partial charge < -0.3 is 20.8 Å². The molecule has 0 aliphatic rings. The van der Waals surface area contributed by atoms with Gasteiger partial charge in [-0.05, 0) is 35.9 Å². The van der Waals surface area contributed by atoms with Crippen LogP contribution in [0.5, 0.6) is 5.75 Å². The fourth-order valence-corrected chi connectivity index (χ4v) is 2.17. The zero-order chi connectivity index (χ0) is 18.4. The van der Waals surface area contributed by atoms with Gasteiger partial charge in [0.2, 0.25) is 5.91 Å². The van der Waals surface area contributed by atoms with E-state index in [1.54, 1.807) is 50.2 Å². The van der Waals surface area contributed by atoms with Crippen LogP contribution in [0.2, 0.25) is 0 Å². The third-order valence-electron chi connectivity index (χ3n) is 3.63. The van der Waals surface area contributed by atoms with Gasteiger partial charge in [-0.15, -0.1) is 0 Å². The summed E-state index contributed by atoms with van der Waals surface area (Å²) in [6.45, 7) is 3.58. The minimum Gasteiger partial charge on any atom is -0.508 e. The molecule has 0 heterocycles. The van der Waals surface area contributed by atoms with E-state index in [2.05, 4.69) is 10.6 Å². The second-order valence-electron chi connectivity index (χ2n) is 6.05. The summed E-state index contributed by atoms with van der Waals surface area (Å²) in [6, 6.07) is 12.8. The molecule has 0 aliphatic carbocycles. The van der Waals surface area contributed by atoms with Gasteiger partial charge in [0.1, 0.15) is 5.75 Å². The van der Waals surface area contributed by atoms with Gasteiger partial charge in [-0.3, -0.25) is 9.59 Å². The molecule has 6 nitrogen and oxygen atoms in total. The van der Waals surface area contributed by atoms with Crippen molar-refractivity contribution in [2.24, 2.45) is 5.92 Å². The van der Waals surface area contributed by atoms with E-state index in [0.29, 0.717) is 16.8 Å². The molecule has 0 aliphatic heterocycles. The second-order valence-corrected chi connectivity index (χ2v) is 6.05. The maximum atomic E-state index is 12.2. The lowest BCUT2D eigenvalue weighted by Gasteiger charge is -2.13. The number of carbonyl (C=O) groups excluding carboxylic acids is 2. The number of aliphatic hydroxyl groups is 1. The first-order valence-corrected chi connectivity index (χ1v) is 8.03. The molecular formula is C19H22N2O4. The lowest BCUT2D eigenvalue weighted by Crippen LogP contribution is -2.28. The third kappa shape index (κ3) is 5.32. The molecule has 1 atom stereocenters. The molecule has 4 N–H and O–H groups in total. The average Bonchev–Trinajstić information content (AvgIpc) is 2.59. The molecule has 2 aromatic carbocycles. The molecule has 132 valence electrons. The molecule has 6 heteroatoms. The highest BCUT2D eigenvalue weighted by Gasteiger charge is 2.13. The molecule has 2 amide bonds. The molecule has 2 aromatic rings. The van der Waals surface area contributed by atoms with Crippen LogP contribution in [-0.4, -0.2) is 28.6 Å². The number of hydrogen-bond acceptors (Lipinski definition) is 4. The Morgan fingerprint density at radius 2 is 1.80 bits per heavy atom. The number of carbonyl (C=O) groups is 2. The average molecular weight is 342 g/mol. The van der Waals surface area contributed by atoms with Crippen LogP contribution in [-0.2, 0) is 4.79 Å². The van der Waals surface area contributed by atoms with Crippen LogP contribution in [0.3, 0.4) is 0 Å². The number of aliphatic hydroxyl groups excluding tert-OH is 1. The van der Waals surface area contributed by atoms with Crippen molar-refractivity contribution in [3.8, 4) is 5.75 Å². The van der Waals surface area contributed by atoms with E-state index >= 15 is 0 Å². The Balaban J connectivity index is 1.97. The number of rotatable bonds is 6. The number of anilines is 1. The van der Waals surface area contributed by atoms with Gasteiger partial charge in [0, 0.05) is 23.7 Å². The highest BCUT2D eigenvalue weighted by Crippen LogP contribution is 2.18. The second kappa shape index (κ2) is 8.30. The van der Waals surface area contributed by atoms with Crippen molar-refractivity contribution in [1.82, 2.24) is 5.32 Å². The Bertz CT molecular complexity index is 759. The van der Waals surface area contributed by atoms with E-state index in [1.165, 1.54) is 12.1 Å². The number of aromatic hydroxyl groups is 1. The van der Waals surface area contributed by atoms with E-state index in [4.69, 9.17) is 0 Å².